The molecule has 2 aliphatic rings. The molecule has 0 saturated carbocycles. The van der Waals surface area contributed by atoms with Gasteiger partial charge in [-0.15, -0.1) is 0 Å². The second-order valence-corrected chi connectivity index (χ2v) is 8.33. The second kappa shape index (κ2) is 9.39. The van der Waals surface area contributed by atoms with Gasteiger partial charge in [-0.05, 0) is 36.6 Å². The molecule has 2 fully saturated rings. The number of nitrogens with one attached hydrogen (secondary N) is 1. The molecular weight excluding hydrogens is 388 g/mol. The van der Waals surface area contributed by atoms with Gasteiger partial charge in [0.25, 0.3) is 0 Å². The van der Waals surface area contributed by atoms with Crippen LogP contribution in [0.25, 0.3) is 0 Å². The predicted molar refractivity (Wildman–Crippen MR) is 124 cm³/mol. The predicted octanol–water partition coefficient (Wildman–Crippen LogP) is 3.24. The maximum atomic E-state index is 5.48. The van der Waals surface area contributed by atoms with Gasteiger partial charge in [0.1, 0.15) is 5.82 Å². The number of ether oxygens (including phenoxy) is 1. The molecule has 0 radical (unpaired) electrons. The van der Waals surface area contributed by atoms with Crippen molar-refractivity contribution >= 4 is 17.2 Å². The number of pyridine rings is 1. The van der Waals surface area contributed by atoms with E-state index in [9.17, 15) is 0 Å². The van der Waals surface area contributed by atoms with Crippen LogP contribution in [0.5, 0.6) is 0 Å². The highest BCUT2D eigenvalue weighted by Gasteiger charge is 2.21. The van der Waals surface area contributed by atoms with Gasteiger partial charge >= 0.3 is 0 Å². The molecule has 3 aromatic rings. The molecule has 2 aliphatic heterocycles. The second-order valence-electron chi connectivity index (χ2n) is 8.33. The van der Waals surface area contributed by atoms with Crippen molar-refractivity contribution in [3.8, 4) is 0 Å². The smallest absolute Gasteiger partial charge is 0.128 e. The number of anilines is 3. The maximum absolute atomic E-state index is 5.48. The molecule has 7 nitrogen and oxygen atoms in total. The number of nitrogens with zero attached hydrogens (tertiary/aromatic N) is 5. The van der Waals surface area contributed by atoms with Crippen LogP contribution in [0, 0.1) is 0 Å². The Labute approximate surface area is 183 Å². The highest BCUT2D eigenvalue weighted by molar-refractivity contribution is 5.55. The highest BCUT2D eigenvalue weighted by Crippen LogP contribution is 2.24. The van der Waals surface area contributed by atoms with Crippen LogP contribution in [0.1, 0.15) is 18.4 Å². The van der Waals surface area contributed by atoms with Gasteiger partial charge < -0.3 is 24.4 Å². The summed E-state index contributed by atoms with van der Waals surface area (Å²) in [6.45, 7) is 6.42. The normalized spacial score (nSPS) is 19.4. The van der Waals surface area contributed by atoms with E-state index in [1.807, 2.05) is 24.9 Å². The molecule has 2 saturated heterocycles. The van der Waals surface area contributed by atoms with E-state index in [1.54, 1.807) is 0 Å². The summed E-state index contributed by atoms with van der Waals surface area (Å²) in [5.41, 5.74) is 3.80. The minimum absolute atomic E-state index is 0.395. The number of benzene rings is 1. The Hall–Kier alpha value is -3.06. The number of piperidine rings is 1. The van der Waals surface area contributed by atoms with Crippen LogP contribution in [0.3, 0.4) is 0 Å². The monoisotopic (exact) mass is 418 g/mol. The number of hydrogen-bond donors (Lipinski definition) is 1. The van der Waals surface area contributed by atoms with E-state index >= 15 is 0 Å². The standard InChI is InChI=1S/C24H30N6O/c1-2-21(27-24-16-23(7-8-26-24)29-12-14-31-15-13-29)18-30(10-1)22-5-3-20(4-6-22)17-28-11-9-25-19-28/h3-9,11,16,19,21H,1-2,10,12-15,17-18H2,(H,26,27)/t21-/m1/s1. The van der Waals surface area contributed by atoms with Gasteiger partial charge in [-0.2, -0.15) is 0 Å². The lowest BCUT2D eigenvalue weighted by Crippen LogP contribution is -2.42. The number of imidazole rings is 1. The fourth-order valence-electron chi connectivity index (χ4n) is 4.46. The molecule has 0 bridgehead atoms. The Kier molecular flexibility index (Phi) is 6.02. The Morgan fingerprint density at radius 1 is 0.968 bits per heavy atom. The van der Waals surface area contributed by atoms with Crippen LogP contribution >= 0.6 is 0 Å². The zero-order valence-electron chi connectivity index (χ0n) is 17.9. The number of rotatable bonds is 6. The summed E-state index contributed by atoms with van der Waals surface area (Å²) >= 11 is 0. The van der Waals surface area contributed by atoms with Crippen molar-refractivity contribution in [1.29, 1.82) is 0 Å². The zero-order chi connectivity index (χ0) is 20.9. The molecule has 1 aromatic carbocycles. The summed E-state index contributed by atoms with van der Waals surface area (Å²) in [6, 6.07) is 13.6. The first-order valence-electron chi connectivity index (χ1n) is 11.2. The van der Waals surface area contributed by atoms with Crippen molar-refractivity contribution in [2.24, 2.45) is 0 Å². The summed E-state index contributed by atoms with van der Waals surface area (Å²) in [5.74, 6) is 0.964. The molecule has 4 heterocycles. The van der Waals surface area contributed by atoms with Gasteiger partial charge in [-0.25, -0.2) is 9.97 Å². The molecule has 7 heteroatoms. The van der Waals surface area contributed by atoms with Crippen LogP contribution in [0.4, 0.5) is 17.2 Å². The minimum atomic E-state index is 0.395. The fourth-order valence-corrected chi connectivity index (χ4v) is 4.46. The molecule has 2 aromatic heterocycles. The molecule has 0 spiro atoms. The van der Waals surface area contributed by atoms with Crippen molar-refractivity contribution < 1.29 is 4.74 Å². The van der Waals surface area contributed by atoms with Gasteiger partial charge in [0.2, 0.25) is 0 Å². The molecule has 1 atom stereocenters. The molecule has 31 heavy (non-hydrogen) atoms. The zero-order valence-corrected chi connectivity index (χ0v) is 17.9. The average Bonchev–Trinajstić information content (AvgIpc) is 3.34. The summed E-state index contributed by atoms with van der Waals surface area (Å²) in [7, 11) is 0. The molecule has 0 unspecified atom stereocenters. The fraction of sp³-hybridized carbons (Fsp3) is 0.417. The SMILES string of the molecule is c1cn(Cc2ccc(N3CCC[C@@H](Nc4cc(N5CCOCC5)ccn4)C3)cc2)cn1. The van der Waals surface area contributed by atoms with Crippen LogP contribution in [0.15, 0.2) is 61.3 Å². The molecular formula is C24H30N6O. The van der Waals surface area contributed by atoms with Crippen LogP contribution in [-0.2, 0) is 11.3 Å². The van der Waals surface area contributed by atoms with Gasteiger partial charge in [-0.1, -0.05) is 12.1 Å². The van der Waals surface area contributed by atoms with Gasteiger partial charge in [0.15, 0.2) is 0 Å². The summed E-state index contributed by atoms with van der Waals surface area (Å²) < 4.78 is 7.57. The summed E-state index contributed by atoms with van der Waals surface area (Å²) in [6.07, 6.45) is 9.93. The Morgan fingerprint density at radius 3 is 2.65 bits per heavy atom. The van der Waals surface area contributed by atoms with E-state index < -0.39 is 0 Å². The number of hydrogen-bond acceptors (Lipinski definition) is 6. The lowest BCUT2D eigenvalue weighted by atomic mass is 10.0. The first-order chi connectivity index (χ1) is 15.3. The lowest BCUT2D eigenvalue weighted by molar-refractivity contribution is 0.122. The highest BCUT2D eigenvalue weighted by atomic mass is 16.5. The number of morpholine rings is 1. The first-order valence-corrected chi connectivity index (χ1v) is 11.2. The minimum Gasteiger partial charge on any atom is -0.378 e. The van der Waals surface area contributed by atoms with Crippen molar-refractivity contribution in [1.82, 2.24) is 14.5 Å². The van der Waals surface area contributed by atoms with E-state index in [2.05, 4.69) is 66.0 Å². The summed E-state index contributed by atoms with van der Waals surface area (Å²) in [5, 5.41) is 3.68. The molecule has 162 valence electrons. The third-order valence-electron chi connectivity index (χ3n) is 6.12. The van der Waals surface area contributed by atoms with Crippen molar-refractivity contribution in [2.75, 3.05) is 54.5 Å². The molecule has 1 N–H and O–H groups in total. The van der Waals surface area contributed by atoms with Crippen LogP contribution < -0.4 is 15.1 Å². The third-order valence-corrected chi connectivity index (χ3v) is 6.12. The van der Waals surface area contributed by atoms with Crippen LogP contribution in [0.2, 0.25) is 0 Å². The Bertz CT molecular complexity index is 952. The average molecular weight is 419 g/mol. The van der Waals surface area contributed by atoms with Crippen molar-refractivity contribution in [2.45, 2.75) is 25.4 Å². The Balaban J connectivity index is 1.20. The van der Waals surface area contributed by atoms with E-state index in [4.69, 9.17) is 4.74 Å². The van der Waals surface area contributed by atoms with Gasteiger partial charge in [0.05, 0.1) is 19.5 Å². The van der Waals surface area contributed by atoms with E-state index in [-0.39, 0.29) is 0 Å². The molecule has 0 amide bonds. The largest absolute Gasteiger partial charge is 0.378 e. The van der Waals surface area contributed by atoms with Crippen LogP contribution in [-0.4, -0.2) is 60.0 Å². The van der Waals surface area contributed by atoms with Crippen molar-refractivity contribution in [3.05, 3.63) is 66.9 Å². The van der Waals surface area contributed by atoms with E-state index in [0.29, 0.717) is 6.04 Å². The quantitative estimate of drug-likeness (QED) is 0.663. The first kappa shape index (κ1) is 19.9. The topological polar surface area (TPSA) is 58.5 Å². The van der Waals surface area contributed by atoms with Crippen molar-refractivity contribution in [3.63, 3.8) is 0 Å². The third kappa shape index (κ3) is 4.99. The Morgan fingerprint density at radius 2 is 1.84 bits per heavy atom. The lowest BCUT2D eigenvalue weighted by Gasteiger charge is -2.35. The van der Waals surface area contributed by atoms with Gasteiger partial charge in [-0.3, -0.25) is 0 Å². The summed E-state index contributed by atoms with van der Waals surface area (Å²) in [4.78, 5) is 13.5. The number of aromatic nitrogens is 3. The van der Waals surface area contributed by atoms with E-state index in [1.165, 1.54) is 29.8 Å². The molecule has 0 aliphatic carbocycles. The maximum Gasteiger partial charge on any atom is 0.128 e. The van der Waals surface area contributed by atoms with Gasteiger partial charge in [0, 0.05) is 74.8 Å². The van der Waals surface area contributed by atoms with E-state index in [0.717, 1.165) is 51.8 Å². The molecule has 5 rings (SSSR count).